The summed E-state index contributed by atoms with van der Waals surface area (Å²) in [6.07, 6.45) is 0.0509. The minimum atomic E-state index is -0.853. The number of halogens is 1. The molecule has 0 saturated carbocycles. The highest BCUT2D eigenvalue weighted by atomic mass is 79.9. The zero-order chi connectivity index (χ0) is 13.7. The second-order valence-corrected chi connectivity index (χ2v) is 5.14. The standard InChI is InChI=1S/C13H16BrNO3/c1-8(6-11(16)17)7-15-13(18)10-5-3-4-9(2)12(10)14/h3-5,8H,6-7H2,1-2H3,(H,15,18)(H,16,17). The van der Waals surface area contributed by atoms with E-state index < -0.39 is 5.97 Å². The van der Waals surface area contributed by atoms with Gasteiger partial charge in [-0.05, 0) is 40.4 Å². The Morgan fingerprint density at radius 2 is 2.11 bits per heavy atom. The van der Waals surface area contributed by atoms with E-state index in [1.807, 2.05) is 19.1 Å². The third-order valence-corrected chi connectivity index (χ3v) is 3.62. The van der Waals surface area contributed by atoms with Gasteiger partial charge in [-0.2, -0.15) is 0 Å². The summed E-state index contributed by atoms with van der Waals surface area (Å²) in [5, 5.41) is 11.4. The van der Waals surface area contributed by atoms with E-state index in [-0.39, 0.29) is 18.2 Å². The SMILES string of the molecule is Cc1cccc(C(=O)NCC(C)CC(=O)O)c1Br. The maximum Gasteiger partial charge on any atom is 0.303 e. The van der Waals surface area contributed by atoms with Crippen molar-refractivity contribution < 1.29 is 14.7 Å². The lowest BCUT2D eigenvalue weighted by Crippen LogP contribution is -2.29. The zero-order valence-electron chi connectivity index (χ0n) is 10.4. The number of hydrogen-bond acceptors (Lipinski definition) is 2. The van der Waals surface area contributed by atoms with Gasteiger partial charge >= 0.3 is 5.97 Å². The fourth-order valence-electron chi connectivity index (χ4n) is 1.56. The smallest absolute Gasteiger partial charge is 0.303 e. The van der Waals surface area contributed by atoms with E-state index in [9.17, 15) is 9.59 Å². The second-order valence-electron chi connectivity index (χ2n) is 4.35. The van der Waals surface area contributed by atoms with Crippen molar-refractivity contribution in [1.29, 1.82) is 0 Å². The summed E-state index contributed by atoms with van der Waals surface area (Å²) in [5.74, 6) is -1.13. The van der Waals surface area contributed by atoms with E-state index in [2.05, 4.69) is 21.2 Å². The minimum Gasteiger partial charge on any atom is -0.481 e. The van der Waals surface area contributed by atoms with Gasteiger partial charge in [0, 0.05) is 17.4 Å². The Hall–Kier alpha value is -1.36. The van der Waals surface area contributed by atoms with Crippen LogP contribution in [0.15, 0.2) is 22.7 Å². The molecule has 0 bridgehead atoms. The molecule has 98 valence electrons. The molecule has 18 heavy (non-hydrogen) atoms. The van der Waals surface area contributed by atoms with Crippen LogP contribution < -0.4 is 5.32 Å². The molecule has 0 heterocycles. The van der Waals surface area contributed by atoms with Crippen molar-refractivity contribution >= 4 is 27.8 Å². The lowest BCUT2D eigenvalue weighted by atomic mass is 10.1. The predicted octanol–water partition coefficient (Wildman–Crippen LogP) is 2.60. The molecule has 5 heteroatoms. The fourth-order valence-corrected chi connectivity index (χ4v) is 2.00. The van der Waals surface area contributed by atoms with Crippen LogP contribution in [0.1, 0.15) is 29.3 Å². The van der Waals surface area contributed by atoms with Gasteiger partial charge in [0.1, 0.15) is 0 Å². The summed E-state index contributed by atoms with van der Waals surface area (Å²) in [6, 6.07) is 5.46. The van der Waals surface area contributed by atoms with Crippen LogP contribution in [-0.2, 0) is 4.79 Å². The number of aryl methyl sites for hydroxylation is 1. The van der Waals surface area contributed by atoms with Crippen molar-refractivity contribution in [3.05, 3.63) is 33.8 Å². The highest BCUT2D eigenvalue weighted by molar-refractivity contribution is 9.10. The molecule has 0 fully saturated rings. The maximum atomic E-state index is 11.9. The molecule has 1 aromatic rings. The van der Waals surface area contributed by atoms with Crippen molar-refractivity contribution in [1.82, 2.24) is 5.32 Å². The molecule has 0 aliphatic carbocycles. The van der Waals surface area contributed by atoms with Crippen LogP contribution in [0.25, 0.3) is 0 Å². The highest BCUT2D eigenvalue weighted by Crippen LogP contribution is 2.20. The van der Waals surface area contributed by atoms with Gasteiger partial charge in [-0.15, -0.1) is 0 Å². The van der Waals surface area contributed by atoms with Crippen LogP contribution in [-0.4, -0.2) is 23.5 Å². The monoisotopic (exact) mass is 313 g/mol. The molecule has 4 nitrogen and oxygen atoms in total. The number of rotatable bonds is 5. The molecule has 0 spiro atoms. The first kappa shape index (κ1) is 14.7. The zero-order valence-corrected chi connectivity index (χ0v) is 12.0. The number of benzene rings is 1. The molecule has 1 atom stereocenters. The number of carbonyl (C=O) groups is 2. The molecule has 1 rings (SSSR count). The number of carboxylic acids is 1. The molecule has 2 N–H and O–H groups in total. The van der Waals surface area contributed by atoms with Crippen molar-refractivity contribution in [3.63, 3.8) is 0 Å². The van der Waals surface area contributed by atoms with Crippen molar-refractivity contribution in [2.24, 2.45) is 5.92 Å². The summed E-state index contributed by atoms with van der Waals surface area (Å²) in [5.41, 5.74) is 1.55. The Balaban J connectivity index is 2.61. The van der Waals surface area contributed by atoms with Gasteiger partial charge in [0.15, 0.2) is 0 Å². The Labute approximate surface area is 115 Å². The van der Waals surface area contributed by atoms with Crippen LogP contribution in [0, 0.1) is 12.8 Å². The normalized spacial score (nSPS) is 11.9. The van der Waals surface area contributed by atoms with Gasteiger partial charge in [-0.3, -0.25) is 9.59 Å². The summed E-state index contributed by atoms with van der Waals surface area (Å²) >= 11 is 3.37. The topological polar surface area (TPSA) is 66.4 Å². The van der Waals surface area contributed by atoms with Gasteiger partial charge in [0.25, 0.3) is 5.91 Å². The maximum absolute atomic E-state index is 11.9. The number of carboxylic acid groups (broad SMARTS) is 1. The molecule has 0 aliphatic heterocycles. The van der Waals surface area contributed by atoms with Crippen molar-refractivity contribution in [2.75, 3.05) is 6.54 Å². The number of carbonyl (C=O) groups excluding carboxylic acids is 1. The van der Waals surface area contributed by atoms with Crippen LogP contribution in [0.5, 0.6) is 0 Å². The van der Waals surface area contributed by atoms with Crippen LogP contribution in [0.2, 0.25) is 0 Å². The Morgan fingerprint density at radius 3 is 2.72 bits per heavy atom. The highest BCUT2D eigenvalue weighted by Gasteiger charge is 2.13. The van der Waals surface area contributed by atoms with Crippen molar-refractivity contribution in [2.45, 2.75) is 20.3 Å². The third-order valence-electron chi connectivity index (χ3n) is 2.57. The molecule has 0 aliphatic rings. The first-order valence-corrected chi connectivity index (χ1v) is 6.46. The summed E-state index contributed by atoms with van der Waals surface area (Å²) in [6.45, 7) is 4.05. The molecule has 0 radical (unpaired) electrons. The van der Waals surface area contributed by atoms with Gasteiger partial charge in [0.05, 0.1) is 5.56 Å². The first-order valence-electron chi connectivity index (χ1n) is 5.67. The lowest BCUT2D eigenvalue weighted by molar-refractivity contribution is -0.137. The summed E-state index contributed by atoms with van der Waals surface area (Å²) in [4.78, 5) is 22.4. The molecule has 1 unspecified atom stereocenters. The largest absolute Gasteiger partial charge is 0.481 e. The van der Waals surface area contributed by atoms with Gasteiger partial charge in [0.2, 0.25) is 0 Å². The fraction of sp³-hybridized carbons (Fsp3) is 0.385. The molecular weight excluding hydrogens is 298 g/mol. The third kappa shape index (κ3) is 4.14. The van der Waals surface area contributed by atoms with E-state index in [1.165, 1.54) is 0 Å². The minimum absolute atomic E-state index is 0.0509. The average Bonchev–Trinajstić information content (AvgIpc) is 2.29. The Morgan fingerprint density at radius 1 is 1.44 bits per heavy atom. The van der Waals surface area contributed by atoms with Gasteiger partial charge < -0.3 is 10.4 Å². The molecule has 0 saturated heterocycles. The Bertz CT molecular complexity index is 460. The second kappa shape index (κ2) is 6.54. The van der Waals surface area contributed by atoms with Crippen LogP contribution in [0.4, 0.5) is 0 Å². The van der Waals surface area contributed by atoms with Gasteiger partial charge in [-0.1, -0.05) is 19.1 Å². The molecule has 1 aromatic carbocycles. The quantitative estimate of drug-likeness (QED) is 0.878. The number of amides is 1. The number of aliphatic carboxylic acids is 1. The van der Waals surface area contributed by atoms with Crippen LogP contribution in [0.3, 0.4) is 0 Å². The molecule has 1 amide bonds. The summed E-state index contributed by atoms with van der Waals surface area (Å²) < 4.78 is 0.772. The molecule has 0 aromatic heterocycles. The van der Waals surface area contributed by atoms with Crippen LogP contribution >= 0.6 is 15.9 Å². The van der Waals surface area contributed by atoms with E-state index >= 15 is 0 Å². The summed E-state index contributed by atoms with van der Waals surface area (Å²) in [7, 11) is 0. The Kier molecular flexibility index (Phi) is 5.34. The number of hydrogen-bond donors (Lipinski definition) is 2. The average molecular weight is 314 g/mol. The van der Waals surface area contributed by atoms with E-state index in [4.69, 9.17) is 5.11 Å². The van der Waals surface area contributed by atoms with Gasteiger partial charge in [-0.25, -0.2) is 0 Å². The van der Waals surface area contributed by atoms with Crippen molar-refractivity contribution in [3.8, 4) is 0 Å². The van der Waals surface area contributed by atoms with E-state index in [0.717, 1.165) is 10.0 Å². The predicted molar refractivity (Wildman–Crippen MR) is 72.6 cm³/mol. The first-order chi connectivity index (χ1) is 8.41. The van der Waals surface area contributed by atoms with E-state index in [0.29, 0.717) is 12.1 Å². The lowest BCUT2D eigenvalue weighted by Gasteiger charge is -2.11. The van der Waals surface area contributed by atoms with E-state index in [1.54, 1.807) is 13.0 Å². The molecular formula is C13H16BrNO3. The number of nitrogens with one attached hydrogen (secondary N) is 1.